The highest BCUT2D eigenvalue weighted by molar-refractivity contribution is 5.77. The summed E-state index contributed by atoms with van der Waals surface area (Å²) in [7, 11) is 0. The van der Waals surface area contributed by atoms with Crippen LogP contribution in [0, 0.1) is 0 Å². The predicted molar refractivity (Wildman–Crippen MR) is 73.6 cm³/mol. The van der Waals surface area contributed by atoms with Gasteiger partial charge in [0.15, 0.2) is 0 Å². The Labute approximate surface area is 111 Å². The number of carbonyl (C=O) groups is 1. The molecule has 1 saturated heterocycles. The highest BCUT2D eigenvalue weighted by atomic mass is 16.5. The summed E-state index contributed by atoms with van der Waals surface area (Å²) in [5.41, 5.74) is -0.239. The van der Waals surface area contributed by atoms with E-state index in [9.17, 15) is 4.79 Å². The summed E-state index contributed by atoms with van der Waals surface area (Å²) in [5, 5.41) is 3.52. The monoisotopic (exact) mass is 256 g/mol. The lowest BCUT2D eigenvalue weighted by atomic mass is 10.0. The third-order valence-electron chi connectivity index (χ3n) is 3.16. The number of hydrogen-bond donors (Lipinski definition) is 1. The second-order valence-corrected chi connectivity index (χ2v) is 6.01. The molecule has 18 heavy (non-hydrogen) atoms. The van der Waals surface area contributed by atoms with Gasteiger partial charge in [0, 0.05) is 19.1 Å². The topological polar surface area (TPSA) is 41.6 Å². The fraction of sp³-hybridized carbons (Fsp3) is 0.929. The quantitative estimate of drug-likeness (QED) is 0.815. The van der Waals surface area contributed by atoms with Crippen molar-refractivity contribution in [3.63, 3.8) is 0 Å². The first-order valence-electron chi connectivity index (χ1n) is 7.07. The molecule has 0 unspecified atom stereocenters. The maximum atomic E-state index is 11.9. The highest BCUT2D eigenvalue weighted by Crippen LogP contribution is 2.12. The van der Waals surface area contributed by atoms with E-state index < -0.39 is 0 Å². The molecule has 1 aliphatic rings. The fourth-order valence-electron chi connectivity index (χ4n) is 2.05. The van der Waals surface area contributed by atoms with Gasteiger partial charge in [-0.05, 0) is 46.6 Å². The molecule has 0 radical (unpaired) electrons. The van der Waals surface area contributed by atoms with E-state index in [1.807, 2.05) is 25.7 Å². The van der Waals surface area contributed by atoms with Crippen LogP contribution in [0.1, 0.15) is 47.0 Å². The van der Waals surface area contributed by atoms with Crippen LogP contribution < -0.4 is 5.32 Å². The summed E-state index contributed by atoms with van der Waals surface area (Å²) in [5.74, 6) is 0.124. The Morgan fingerprint density at radius 3 is 2.44 bits per heavy atom. The van der Waals surface area contributed by atoms with Gasteiger partial charge in [-0.25, -0.2) is 0 Å². The molecule has 0 spiro atoms. The Balaban J connectivity index is 2.23. The van der Waals surface area contributed by atoms with Crippen LogP contribution in [0.25, 0.3) is 0 Å². The van der Waals surface area contributed by atoms with Crippen molar-refractivity contribution in [2.75, 3.05) is 26.2 Å². The van der Waals surface area contributed by atoms with Crippen molar-refractivity contribution in [3.05, 3.63) is 0 Å². The van der Waals surface area contributed by atoms with Gasteiger partial charge >= 0.3 is 0 Å². The molecular weight excluding hydrogens is 228 g/mol. The van der Waals surface area contributed by atoms with E-state index >= 15 is 0 Å². The average molecular weight is 256 g/mol. The normalized spacial score (nSPS) is 18.1. The predicted octanol–water partition coefficient (Wildman–Crippen LogP) is 1.79. The number of amides is 1. The van der Waals surface area contributed by atoms with Gasteiger partial charge in [-0.2, -0.15) is 0 Å². The maximum Gasteiger partial charge on any atom is 0.248 e. The standard InChI is InChI=1S/C14H28N2O2/c1-5-8-15-12-6-9-16(10-7-12)13(17)11-18-14(2,3)4/h12,15H,5-11H2,1-4H3. The van der Waals surface area contributed by atoms with Crippen LogP contribution in [0.4, 0.5) is 0 Å². The minimum atomic E-state index is -0.239. The molecule has 1 N–H and O–H groups in total. The van der Waals surface area contributed by atoms with Gasteiger partial charge in [-0.3, -0.25) is 4.79 Å². The van der Waals surface area contributed by atoms with Gasteiger partial charge in [0.25, 0.3) is 0 Å². The van der Waals surface area contributed by atoms with Crippen LogP contribution >= 0.6 is 0 Å². The number of piperidine rings is 1. The lowest BCUT2D eigenvalue weighted by Gasteiger charge is -2.33. The minimum absolute atomic E-state index is 0.124. The van der Waals surface area contributed by atoms with Crippen molar-refractivity contribution < 1.29 is 9.53 Å². The number of nitrogens with one attached hydrogen (secondary N) is 1. The van der Waals surface area contributed by atoms with Crippen LogP contribution in [0.2, 0.25) is 0 Å². The van der Waals surface area contributed by atoms with Crippen molar-refractivity contribution in [2.24, 2.45) is 0 Å². The Hall–Kier alpha value is -0.610. The molecule has 0 aromatic rings. The van der Waals surface area contributed by atoms with E-state index in [1.54, 1.807) is 0 Å². The lowest BCUT2D eigenvalue weighted by Crippen LogP contribution is -2.46. The largest absolute Gasteiger partial charge is 0.366 e. The SMILES string of the molecule is CCCNC1CCN(C(=O)COC(C)(C)C)CC1. The molecule has 106 valence electrons. The van der Waals surface area contributed by atoms with E-state index in [-0.39, 0.29) is 18.1 Å². The van der Waals surface area contributed by atoms with E-state index in [0.29, 0.717) is 6.04 Å². The van der Waals surface area contributed by atoms with Crippen LogP contribution in [0.15, 0.2) is 0 Å². The number of nitrogens with zero attached hydrogens (tertiary/aromatic N) is 1. The summed E-state index contributed by atoms with van der Waals surface area (Å²) in [6.07, 6.45) is 3.28. The summed E-state index contributed by atoms with van der Waals surface area (Å²) in [4.78, 5) is 13.9. The molecule has 0 atom stereocenters. The molecule has 1 rings (SSSR count). The summed E-state index contributed by atoms with van der Waals surface area (Å²) in [6.45, 7) is 11.1. The smallest absolute Gasteiger partial charge is 0.248 e. The minimum Gasteiger partial charge on any atom is -0.366 e. The van der Waals surface area contributed by atoms with Crippen molar-refractivity contribution in [3.8, 4) is 0 Å². The van der Waals surface area contributed by atoms with Gasteiger partial charge in [-0.15, -0.1) is 0 Å². The third-order valence-corrected chi connectivity index (χ3v) is 3.16. The number of hydrogen-bond acceptors (Lipinski definition) is 3. The molecule has 0 aromatic carbocycles. The van der Waals surface area contributed by atoms with Gasteiger partial charge in [0.1, 0.15) is 6.61 Å². The Bertz CT molecular complexity index is 253. The first-order chi connectivity index (χ1) is 8.42. The Kier molecular flexibility index (Phi) is 6.09. The van der Waals surface area contributed by atoms with Gasteiger partial charge < -0.3 is 15.0 Å². The molecule has 1 heterocycles. The zero-order valence-electron chi connectivity index (χ0n) is 12.3. The number of carbonyl (C=O) groups excluding carboxylic acids is 1. The zero-order valence-corrected chi connectivity index (χ0v) is 12.3. The van der Waals surface area contributed by atoms with E-state index in [4.69, 9.17) is 4.74 Å². The molecule has 1 fully saturated rings. The van der Waals surface area contributed by atoms with Crippen LogP contribution in [-0.2, 0) is 9.53 Å². The summed E-state index contributed by atoms with van der Waals surface area (Å²) in [6, 6.07) is 0.581. The van der Waals surface area contributed by atoms with Crippen molar-refractivity contribution in [2.45, 2.75) is 58.6 Å². The average Bonchev–Trinajstić information content (AvgIpc) is 2.33. The van der Waals surface area contributed by atoms with E-state index in [1.165, 1.54) is 6.42 Å². The van der Waals surface area contributed by atoms with Gasteiger partial charge in [0.2, 0.25) is 5.91 Å². The van der Waals surface area contributed by atoms with Gasteiger partial charge in [-0.1, -0.05) is 6.92 Å². The lowest BCUT2D eigenvalue weighted by molar-refractivity contribution is -0.142. The Morgan fingerprint density at radius 2 is 1.94 bits per heavy atom. The van der Waals surface area contributed by atoms with Crippen LogP contribution in [0.3, 0.4) is 0 Å². The highest BCUT2D eigenvalue weighted by Gasteiger charge is 2.23. The molecule has 4 heteroatoms. The molecule has 4 nitrogen and oxygen atoms in total. The first kappa shape index (κ1) is 15.4. The first-order valence-corrected chi connectivity index (χ1v) is 7.07. The number of rotatable bonds is 5. The van der Waals surface area contributed by atoms with Crippen molar-refractivity contribution in [1.29, 1.82) is 0 Å². The second kappa shape index (κ2) is 7.10. The van der Waals surface area contributed by atoms with Crippen molar-refractivity contribution in [1.82, 2.24) is 10.2 Å². The van der Waals surface area contributed by atoms with Crippen LogP contribution in [-0.4, -0.2) is 48.7 Å². The zero-order chi connectivity index (χ0) is 13.6. The molecule has 0 bridgehead atoms. The molecular formula is C14H28N2O2. The summed E-state index contributed by atoms with van der Waals surface area (Å²) >= 11 is 0. The summed E-state index contributed by atoms with van der Waals surface area (Å²) < 4.78 is 5.53. The molecule has 0 saturated carbocycles. The number of ether oxygens (including phenoxy) is 1. The van der Waals surface area contributed by atoms with Crippen LogP contribution in [0.5, 0.6) is 0 Å². The van der Waals surface area contributed by atoms with E-state index in [0.717, 1.165) is 32.5 Å². The molecule has 0 aliphatic carbocycles. The fourth-order valence-corrected chi connectivity index (χ4v) is 2.05. The second-order valence-electron chi connectivity index (χ2n) is 6.01. The number of likely N-dealkylation sites (tertiary alicyclic amines) is 1. The maximum absolute atomic E-state index is 11.9. The molecule has 1 aliphatic heterocycles. The Morgan fingerprint density at radius 1 is 1.33 bits per heavy atom. The third kappa shape index (κ3) is 5.83. The van der Waals surface area contributed by atoms with Gasteiger partial charge in [0.05, 0.1) is 5.60 Å². The molecule has 1 amide bonds. The van der Waals surface area contributed by atoms with E-state index in [2.05, 4.69) is 12.2 Å². The van der Waals surface area contributed by atoms with Crippen molar-refractivity contribution >= 4 is 5.91 Å². The molecule has 0 aromatic heterocycles.